The van der Waals surface area contributed by atoms with Gasteiger partial charge in [-0.05, 0) is 48.9 Å². The zero-order valence-electron chi connectivity index (χ0n) is 11.2. The maximum atomic E-state index is 12.4. The molecular weight excluding hydrogens is 238 g/mol. The molecule has 19 heavy (non-hydrogen) atoms. The summed E-state index contributed by atoms with van der Waals surface area (Å²) in [5, 5.41) is 0. The minimum Gasteiger partial charge on any atom is -0.338 e. The second-order valence-electron chi connectivity index (χ2n) is 5.52. The molecule has 3 heteroatoms. The van der Waals surface area contributed by atoms with Crippen LogP contribution in [0.3, 0.4) is 0 Å². The minimum absolute atomic E-state index is 0.0841. The Labute approximate surface area is 113 Å². The molecule has 3 rings (SSSR count). The summed E-state index contributed by atoms with van der Waals surface area (Å²) in [4.78, 5) is 25.4. The lowest BCUT2D eigenvalue weighted by Gasteiger charge is -2.26. The second-order valence-corrected chi connectivity index (χ2v) is 5.52. The van der Waals surface area contributed by atoms with Gasteiger partial charge in [0, 0.05) is 31.5 Å². The van der Waals surface area contributed by atoms with Crippen molar-refractivity contribution in [3.05, 3.63) is 34.9 Å². The standard InChI is InChI=1S/C16H19NO2/c18-15-7-9-17(10-8-15)16(19)14-6-5-12-3-1-2-4-13(12)11-14/h5-6,11H,1-4,7-10H2. The van der Waals surface area contributed by atoms with Gasteiger partial charge in [-0.1, -0.05) is 6.07 Å². The van der Waals surface area contributed by atoms with Crippen molar-refractivity contribution in [3.8, 4) is 0 Å². The molecule has 1 aliphatic carbocycles. The summed E-state index contributed by atoms with van der Waals surface area (Å²) in [6, 6.07) is 6.12. The number of ketones is 1. The lowest BCUT2D eigenvalue weighted by Crippen LogP contribution is -2.38. The van der Waals surface area contributed by atoms with Gasteiger partial charge in [0.25, 0.3) is 5.91 Å². The van der Waals surface area contributed by atoms with Crippen LogP contribution < -0.4 is 0 Å². The SMILES string of the molecule is O=C1CCN(C(=O)c2ccc3c(c2)CCCC3)CC1. The van der Waals surface area contributed by atoms with Crippen molar-refractivity contribution in [2.24, 2.45) is 0 Å². The average molecular weight is 257 g/mol. The Bertz CT molecular complexity index is 511. The highest BCUT2D eigenvalue weighted by Gasteiger charge is 2.22. The molecule has 0 unspecified atom stereocenters. The summed E-state index contributed by atoms with van der Waals surface area (Å²) in [7, 11) is 0. The molecule has 1 aromatic carbocycles. The second kappa shape index (κ2) is 5.16. The fourth-order valence-electron chi connectivity index (χ4n) is 3.01. The first-order valence-electron chi connectivity index (χ1n) is 7.17. The van der Waals surface area contributed by atoms with E-state index < -0.39 is 0 Å². The molecule has 0 atom stereocenters. The monoisotopic (exact) mass is 257 g/mol. The molecule has 2 aliphatic rings. The molecule has 1 amide bonds. The quantitative estimate of drug-likeness (QED) is 0.774. The van der Waals surface area contributed by atoms with E-state index in [0.717, 1.165) is 18.4 Å². The maximum absolute atomic E-state index is 12.4. The van der Waals surface area contributed by atoms with Crippen LogP contribution >= 0.6 is 0 Å². The van der Waals surface area contributed by atoms with Crippen LogP contribution in [-0.2, 0) is 17.6 Å². The van der Waals surface area contributed by atoms with Crippen molar-refractivity contribution < 1.29 is 9.59 Å². The molecule has 0 N–H and O–H groups in total. The van der Waals surface area contributed by atoms with Gasteiger partial charge in [0.05, 0.1) is 0 Å². The van der Waals surface area contributed by atoms with Crippen LogP contribution in [0.15, 0.2) is 18.2 Å². The number of aryl methyl sites for hydroxylation is 2. The third kappa shape index (κ3) is 2.55. The Morgan fingerprint density at radius 1 is 0.947 bits per heavy atom. The first kappa shape index (κ1) is 12.4. The smallest absolute Gasteiger partial charge is 0.253 e. The van der Waals surface area contributed by atoms with Gasteiger partial charge in [-0.2, -0.15) is 0 Å². The predicted octanol–water partition coefficient (Wildman–Crippen LogP) is 2.37. The van der Waals surface area contributed by atoms with Gasteiger partial charge in [0.2, 0.25) is 0 Å². The molecule has 1 fully saturated rings. The molecule has 100 valence electrons. The first-order valence-corrected chi connectivity index (χ1v) is 7.17. The van der Waals surface area contributed by atoms with Gasteiger partial charge < -0.3 is 4.90 Å². The Morgan fingerprint density at radius 3 is 2.37 bits per heavy atom. The first-order chi connectivity index (χ1) is 9.24. The van der Waals surface area contributed by atoms with Crippen molar-refractivity contribution in [3.63, 3.8) is 0 Å². The number of carbonyl (C=O) groups is 2. The molecule has 1 saturated heterocycles. The van der Waals surface area contributed by atoms with E-state index in [0.29, 0.717) is 25.9 Å². The highest BCUT2D eigenvalue weighted by Crippen LogP contribution is 2.23. The molecule has 1 aromatic rings. The molecule has 0 bridgehead atoms. The van der Waals surface area contributed by atoms with Crippen molar-refractivity contribution >= 4 is 11.7 Å². The highest BCUT2D eigenvalue weighted by atomic mass is 16.2. The van der Waals surface area contributed by atoms with E-state index in [1.165, 1.54) is 24.0 Å². The maximum Gasteiger partial charge on any atom is 0.253 e. The van der Waals surface area contributed by atoms with Crippen molar-refractivity contribution in [2.75, 3.05) is 13.1 Å². The number of amides is 1. The van der Waals surface area contributed by atoms with E-state index in [-0.39, 0.29) is 11.7 Å². The number of likely N-dealkylation sites (tertiary alicyclic amines) is 1. The van der Waals surface area contributed by atoms with Crippen LogP contribution in [0.5, 0.6) is 0 Å². The van der Waals surface area contributed by atoms with Gasteiger partial charge in [-0.15, -0.1) is 0 Å². The number of Topliss-reactive ketones (excluding diaryl/α,β-unsaturated/α-hetero) is 1. The van der Waals surface area contributed by atoms with Gasteiger partial charge in [-0.25, -0.2) is 0 Å². The number of rotatable bonds is 1. The minimum atomic E-state index is 0.0841. The van der Waals surface area contributed by atoms with Gasteiger partial charge >= 0.3 is 0 Å². The van der Waals surface area contributed by atoms with E-state index in [4.69, 9.17) is 0 Å². The van der Waals surface area contributed by atoms with Crippen LogP contribution in [0.1, 0.15) is 47.2 Å². The lowest BCUT2D eigenvalue weighted by atomic mass is 9.90. The summed E-state index contributed by atoms with van der Waals surface area (Å²) in [5.41, 5.74) is 3.52. The summed E-state index contributed by atoms with van der Waals surface area (Å²) in [5.74, 6) is 0.357. The van der Waals surface area contributed by atoms with Gasteiger partial charge in [0.1, 0.15) is 5.78 Å². The van der Waals surface area contributed by atoms with E-state index in [1.54, 1.807) is 0 Å². The summed E-state index contributed by atoms with van der Waals surface area (Å²) < 4.78 is 0. The van der Waals surface area contributed by atoms with Crippen molar-refractivity contribution in [1.82, 2.24) is 4.90 Å². The van der Waals surface area contributed by atoms with E-state index in [9.17, 15) is 9.59 Å². The third-order valence-electron chi connectivity index (χ3n) is 4.20. The van der Waals surface area contributed by atoms with Crippen molar-refractivity contribution in [2.45, 2.75) is 38.5 Å². The number of piperidine rings is 1. The number of benzene rings is 1. The van der Waals surface area contributed by atoms with Gasteiger partial charge in [-0.3, -0.25) is 9.59 Å². The van der Waals surface area contributed by atoms with Crippen molar-refractivity contribution in [1.29, 1.82) is 0 Å². The van der Waals surface area contributed by atoms with Gasteiger partial charge in [0.15, 0.2) is 0 Å². The van der Waals surface area contributed by atoms with Crippen LogP contribution in [-0.4, -0.2) is 29.7 Å². The molecule has 3 nitrogen and oxygen atoms in total. The van der Waals surface area contributed by atoms with Crippen LogP contribution in [0.2, 0.25) is 0 Å². The Balaban J connectivity index is 1.78. The average Bonchev–Trinajstić information content (AvgIpc) is 2.47. The molecule has 1 heterocycles. The largest absolute Gasteiger partial charge is 0.338 e. The Hall–Kier alpha value is -1.64. The molecule has 0 spiro atoms. The lowest BCUT2D eigenvalue weighted by molar-refractivity contribution is -0.120. The summed E-state index contributed by atoms with van der Waals surface area (Å²) in [6.07, 6.45) is 5.74. The fraction of sp³-hybridized carbons (Fsp3) is 0.500. The Kier molecular flexibility index (Phi) is 3.36. The number of hydrogen-bond donors (Lipinski definition) is 0. The summed E-state index contributed by atoms with van der Waals surface area (Å²) >= 11 is 0. The van der Waals surface area contributed by atoms with E-state index >= 15 is 0 Å². The topological polar surface area (TPSA) is 37.4 Å². The fourth-order valence-corrected chi connectivity index (χ4v) is 3.01. The zero-order chi connectivity index (χ0) is 13.2. The molecule has 0 aromatic heterocycles. The van der Waals surface area contributed by atoms with Crippen LogP contribution in [0, 0.1) is 0 Å². The molecular formula is C16H19NO2. The molecule has 1 aliphatic heterocycles. The number of carbonyl (C=O) groups excluding carboxylic acids is 2. The number of nitrogens with zero attached hydrogens (tertiary/aromatic N) is 1. The normalized spacial score (nSPS) is 19.2. The van der Waals surface area contributed by atoms with Crippen LogP contribution in [0.25, 0.3) is 0 Å². The number of hydrogen-bond acceptors (Lipinski definition) is 2. The zero-order valence-corrected chi connectivity index (χ0v) is 11.2. The third-order valence-corrected chi connectivity index (χ3v) is 4.20. The number of fused-ring (bicyclic) bond motifs is 1. The highest BCUT2D eigenvalue weighted by molar-refractivity contribution is 5.95. The van der Waals surface area contributed by atoms with Crippen LogP contribution in [0.4, 0.5) is 0 Å². The summed E-state index contributed by atoms with van der Waals surface area (Å²) in [6.45, 7) is 1.16. The predicted molar refractivity (Wildman–Crippen MR) is 73.2 cm³/mol. The molecule has 0 saturated carbocycles. The molecule has 0 radical (unpaired) electrons. The van der Waals surface area contributed by atoms with E-state index in [2.05, 4.69) is 12.1 Å². The van der Waals surface area contributed by atoms with E-state index in [1.807, 2.05) is 11.0 Å². The Morgan fingerprint density at radius 2 is 1.63 bits per heavy atom.